The molecule has 0 saturated carbocycles. The van der Waals surface area contributed by atoms with Gasteiger partial charge in [0, 0.05) is 24.5 Å². The van der Waals surface area contributed by atoms with Gasteiger partial charge in [-0.1, -0.05) is 12.1 Å². The third-order valence-corrected chi connectivity index (χ3v) is 6.30. The van der Waals surface area contributed by atoms with E-state index < -0.39 is 9.84 Å². The predicted octanol–water partition coefficient (Wildman–Crippen LogP) is 2.78. The van der Waals surface area contributed by atoms with E-state index in [9.17, 15) is 13.2 Å². The summed E-state index contributed by atoms with van der Waals surface area (Å²) >= 11 is 0. The van der Waals surface area contributed by atoms with Crippen LogP contribution < -0.4 is 5.32 Å². The van der Waals surface area contributed by atoms with E-state index in [1.165, 1.54) is 6.20 Å². The summed E-state index contributed by atoms with van der Waals surface area (Å²) in [6, 6.07) is 11.2. The molecule has 2 heterocycles. The molecule has 0 radical (unpaired) electrons. The first-order valence-electron chi connectivity index (χ1n) is 8.69. The van der Waals surface area contributed by atoms with Crippen LogP contribution in [0, 0.1) is 6.92 Å². The zero-order valence-corrected chi connectivity index (χ0v) is 15.8. The Labute approximate surface area is 154 Å². The van der Waals surface area contributed by atoms with Gasteiger partial charge in [-0.15, -0.1) is 0 Å². The van der Waals surface area contributed by atoms with E-state index in [1.54, 1.807) is 17.0 Å². The summed E-state index contributed by atoms with van der Waals surface area (Å²) in [4.78, 5) is 18.7. The number of nitrogens with one attached hydrogen (secondary N) is 1. The van der Waals surface area contributed by atoms with Gasteiger partial charge in [-0.2, -0.15) is 0 Å². The minimum atomic E-state index is -3.03. The van der Waals surface area contributed by atoms with E-state index in [2.05, 4.69) is 10.3 Å². The van der Waals surface area contributed by atoms with E-state index in [1.807, 2.05) is 38.1 Å². The number of aromatic nitrogens is 1. The van der Waals surface area contributed by atoms with Crippen molar-refractivity contribution in [2.45, 2.75) is 26.3 Å². The lowest BCUT2D eigenvalue weighted by Gasteiger charge is -2.26. The maximum Gasteiger partial charge on any atom is 0.255 e. The van der Waals surface area contributed by atoms with Crippen LogP contribution in [0.3, 0.4) is 0 Å². The molecule has 7 heteroatoms. The van der Waals surface area contributed by atoms with Crippen molar-refractivity contribution < 1.29 is 13.2 Å². The summed E-state index contributed by atoms with van der Waals surface area (Å²) in [5.41, 5.74) is 2.54. The standard InChI is InChI=1S/C19H23N3O3S/c1-3-22(17-9-10-26(24,25)13-17)19(23)15-7-8-18(20-12-15)21-16-6-4-5-14(2)11-16/h4-8,11-12,17H,3,9-10,13H2,1-2H3,(H,20,21). The summed E-state index contributed by atoms with van der Waals surface area (Å²) in [5.74, 6) is 0.675. The topological polar surface area (TPSA) is 79.4 Å². The van der Waals surface area contributed by atoms with Crippen LogP contribution in [0.15, 0.2) is 42.6 Å². The zero-order chi connectivity index (χ0) is 18.7. The largest absolute Gasteiger partial charge is 0.340 e. The third-order valence-electron chi connectivity index (χ3n) is 4.55. The number of benzene rings is 1. The quantitative estimate of drug-likeness (QED) is 0.872. The van der Waals surface area contributed by atoms with Crippen molar-refractivity contribution >= 4 is 27.2 Å². The smallest absolute Gasteiger partial charge is 0.255 e. The van der Waals surface area contributed by atoms with Crippen LogP contribution >= 0.6 is 0 Å². The molecule has 1 saturated heterocycles. The van der Waals surface area contributed by atoms with E-state index in [4.69, 9.17) is 0 Å². The monoisotopic (exact) mass is 373 g/mol. The van der Waals surface area contributed by atoms with Crippen LogP contribution in [-0.2, 0) is 9.84 Å². The van der Waals surface area contributed by atoms with Crippen LogP contribution in [0.1, 0.15) is 29.3 Å². The molecule has 0 spiro atoms. The number of anilines is 2. The first kappa shape index (κ1) is 18.4. The molecule has 1 unspecified atom stereocenters. The van der Waals surface area contributed by atoms with Crippen LogP contribution in [0.5, 0.6) is 0 Å². The van der Waals surface area contributed by atoms with Gasteiger partial charge >= 0.3 is 0 Å². The van der Waals surface area contributed by atoms with Gasteiger partial charge in [-0.05, 0) is 50.1 Å². The predicted molar refractivity (Wildman–Crippen MR) is 102 cm³/mol. The Morgan fingerprint density at radius 2 is 2.12 bits per heavy atom. The molecule has 6 nitrogen and oxygen atoms in total. The normalized spacial score (nSPS) is 18.5. The molecule has 1 aromatic carbocycles. The number of carbonyl (C=O) groups excluding carboxylic acids is 1. The number of rotatable bonds is 5. The molecule has 1 N–H and O–H groups in total. The maximum absolute atomic E-state index is 12.8. The van der Waals surface area contributed by atoms with Gasteiger partial charge in [0.1, 0.15) is 5.82 Å². The first-order chi connectivity index (χ1) is 12.4. The molecule has 1 aliphatic heterocycles. The summed E-state index contributed by atoms with van der Waals surface area (Å²) in [6.45, 7) is 4.36. The Hall–Kier alpha value is -2.41. The molecular formula is C19H23N3O3S. The Kier molecular flexibility index (Phi) is 5.27. The van der Waals surface area contributed by atoms with Gasteiger partial charge in [-0.3, -0.25) is 4.79 Å². The van der Waals surface area contributed by atoms with Gasteiger partial charge in [0.2, 0.25) is 0 Å². The third kappa shape index (κ3) is 4.22. The SMILES string of the molecule is CCN(C(=O)c1ccc(Nc2cccc(C)c2)nc1)C1CCS(=O)(=O)C1. The molecule has 1 atom stereocenters. The highest BCUT2D eigenvalue weighted by molar-refractivity contribution is 7.91. The van der Waals surface area contributed by atoms with Crippen LogP contribution in [0.25, 0.3) is 0 Å². The van der Waals surface area contributed by atoms with Crippen molar-refractivity contribution in [1.82, 2.24) is 9.88 Å². The van der Waals surface area contributed by atoms with Crippen molar-refractivity contribution in [3.8, 4) is 0 Å². The fourth-order valence-corrected chi connectivity index (χ4v) is 4.95. The molecular weight excluding hydrogens is 350 g/mol. The molecule has 1 amide bonds. The molecule has 26 heavy (non-hydrogen) atoms. The maximum atomic E-state index is 12.8. The summed E-state index contributed by atoms with van der Waals surface area (Å²) in [5, 5.41) is 3.20. The van der Waals surface area contributed by atoms with Crippen molar-refractivity contribution in [3.05, 3.63) is 53.7 Å². The molecule has 0 bridgehead atoms. The molecule has 3 rings (SSSR count). The second-order valence-corrected chi connectivity index (χ2v) is 8.80. The van der Waals surface area contributed by atoms with Crippen LogP contribution in [0.2, 0.25) is 0 Å². The highest BCUT2D eigenvalue weighted by atomic mass is 32.2. The second-order valence-electron chi connectivity index (χ2n) is 6.57. The van der Waals surface area contributed by atoms with Gasteiger partial charge in [0.25, 0.3) is 5.91 Å². The molecule has 1 aromatic heterocycles. The lowest BCUT2D eigenvalue weighted by molar-refractivity contribution is 0.0708. The molecule has 1 aliphatic rings. The molecule has 138 valence electrons. The second kappa shape index (κ2) is 7.45. The zero-order valence-electron chi connectivity index (χ0n) is 15.0. The number of hydrogen-bond acceptors (Lipinski definition) is 5. The van der Waals surface area contributed by atoms with Crippen molar-refractivity contribution in [2.24, 2.45) is 0 Å². The molecule has 1 fully saturated rings. The minimum Gasteiger partial charge on any atom is -0.340 e. The molecule has 2 aromatic rings. The minimum absolute atomic E-state index is 0.0486. The fourth-order valence-electron chi connectivity index (χ4n) is 3.22. The highest BCUT2D eigenvalue weighted by Gasteiger charge is 2.34. The highest BCUT2D eigenvalue weighted by Crippen LogP contribution is 2.21. The van der Waals surface area contributed by atoms with E-state index >= 15 is 0 Å². The number of carbonyl (C=O) groups is 1. The number of sulfone groups is 1. The van der Waals surface area contributed by atoms with E-state index in [-0.39, 0.29) is 23.5 Å². The lowest BCUT2D eigenvalue weighted by Crippen LogP contribution is -2.41. The van der Waals surface area contributed by atoms with E-state index in [0.29, 0.717) is 24.3 Å². The Bertz CT molecular complexity index is 895. The fraction of sp³-hybridized carbons (Fsp3) is 0.368. The number of nitrogens with zero attached hydrogens (tertiary/aromatic N) is 2. The van der Waals surface area contributed by atoms with Gasteiger partial charge in [0.15, 0.2) is 9.84 Å². The van der Waals surface area contributed by atoms with Gasteiger partial charge in [0.05, 0.1) is 17.1 Å². The average Bonchev–Trinajstić information content (AvgIpc) is 2.96. The lowest BCUT2D eigenvalue weighted by atomic mass is 10.1. The molecule has 0 aliphatic carbocycles. The van der Waals surface area contributed by atoms with Crippen molar-refractivity contribution in [1.29, 1.82) is 0 Å². The van der Waals surface area contributed by atoms with Crippen molar-refractivity contribution in [2.75, 3.05) is 23.4 Å². The van der Waals surface area contributed by atoms with Gasteiger partial charge in [-0.25, -0.2) is 13.4 Å². The number of pyridine rings is 1. The van der Waals surface area contributed by atoms with Crippen molar-refractivity contribution in [3.63, 3.8) is 0 Å². The number of hydrogen-bond donors (Lipinski definition) is 1. The summed E-state index contributed by atoms with van der Waals surface area (Å²) < 4.78 is 23.4. The van der Waals surface area contributed by atoms with Gasteiger partial charge < -0.3 is 10.2 Å². The van der Waals surface area contributed by atoms with Crippen LogP contribution in [0.4, 0.5) is 11.5 Å². The summed E-state index contributed by atoms with van der Waals surface area (Å²) in [6.07, 6.45) is 2.04. The number of aryl methyl sites for hydroxylation is 1. The van der Waals surface area contributed by atoms with Crippen LogP contribution in [-0.4, -0.2) is 48.3 Å². The number of amides is 1. The van der Waals surface area contributed by atoms with E-state index in [0.717, 1.165) is 11.3 Å². The Morgan fingerprint density at radius 3 is 2.69 bits per heavy atom. The Morgan fingerprint density at radius 1 is 1.31 bits per heavy atom. The Balaban J connectivity index is 1.71. The first-order valence-corrected chi connectivity index (χ1v) is 10.5. The average molecular weight is 373 g/mol. The summed E-state index contributed by atoms with van der Waals surface area (Å²) in [7, 11) is -3.03.